The van der Waals surface area contributed by atoms with Crippen molar-refractivity contribution in [2.45, 2.75) is 32.0 Å². The van der Waals surface area contributed by atoms with E-state index in [1.807, 2.05) is 24.0 Å². The molecule has 2 heterocycles. The summed E-state index contributed by atoms with van der Waals surface area (Å²) in [5, 5.41) is 4.05. The van der Waals surface area contributed by atoms with E-state index in [1.165, 1.54) is 5.56 Å². The van der Waals surface area contributed by atoms with Crippen molar-refractivity contribution in [1.82, 2.24) is 15.1 Å². The van der Waals surface area contributed by atoms with Crippen LogP contribution in [0.4, 0.5) is 0 Å². The standard InChI is InChI=1S/C18H26ClN3O2/c1-13(15-3-5-16(19)6-4-15)21-8-10-22(11-9-21)18(23)17-14(2)24-12-7-20-17/h3-6,13-14,17,20H,7-12H2,1-2H3/t13?,14-,17+/m1/s1. The lowest BCUT2D eigenvalue weighted by Crippen LogP contribution is -2.59. The number of carbonyl (C=O) groups is 1. The SMILES string of the molecule is CC(c1ccc(Cl)cc1)N1CCN(C(=O)[C@H]2NCCO[C@@H]2C)CC1. The molecule has 24 heavy (non-hydrogen) atoms. The van der Waals surface area contributed by atoms with Gasteiger partial charge < -0.3 is 15.0 Å². The highest BCUT2D eigenvalue weighted by molar-refractivity contribution is 6.30. The second-order valence-electron chi connectivity index (χ2n) is 6.60. The van der Waals surface area contributed by atoms with Gasteiger partial charge in [-0.05, 0) is 31.5 Å². The van der Waals surface area contributed by atoms with Crippen molar-refractivity contribution in [2.24, 2.45) is 0 Å². The van der Waals surface area contributed by atoms with Crippen LogP contribution in [0.15, 0.2) is 24.3 Å². The lowest BCUT2D eigenvalue weighted by atomic mass is 10.1. The van der Waals surface area contributed by atoms with Gasteiger partial charge >= 0.3 is 0 Å². The van der Waals surface area contributed by atoms with Crippen LogP contribution in [0, 0.1) is 0 Å². The molecule has 1 unspecified atom stereocenters. The number of benzene rings is 1. The number of morpholine rings is 1. The Bertz CT molecular complexity index is 558. The summed E-state index contributed by atoms with van der Waals surface area (Å²) in [6, 6.07) is 8.14. The van der Waals surface area contributed by atoms with Crippen molar-refractivity contribution in [3.05, 3.63) is 34.9 Å². The summed E-state index contributed by atoms with van der Waals surface area (Å²) in [5.74, 6) is 0.168. The lowest BCUT2D eigenvalue weighted by molar-refractivity contribution is -0.141. The van der Waals surface area contributed by atoms with Crippen molar-refractivity contribution in [3.8, 4) is 0 Å². The number of ether oxygens (including phenoxy) is 1. The minimum absolute atomic E-state index is 0.0581. The number of hydrogen-bond donors (Lipinski definition) is 1. The first-order valence-corrected chi connectivity index (χ1v) is 9.07. The maximum absolute atomic E-state index is 12.7. The fourth-order valence-electron chi connectivity index (χ4n) is 3.49. The van der Waals surface area contributed by atoms with Gasteiger partial charge in [0.15, 0.2) is 0 Å². The topological polar surface area (TPSA) is 44.8 Å². The van der Waals surface area contributed by atoms with Gasteiger partial charge in [0.2, 0.25) is 5.91 Å². The first-order chi connectivity index (χ1) is 11.6. The first kappa shape index (κ1) is 17.7. The van der Waals surface area contributed by atoms with Gasteiger partial charge in [-0.1, -0.05) is 23.7 Å². The van der Waals surface area contributed by atoms with Crippen LogP contribution in [-0.2, 0) is 9.53 Å². The van der Waals surface area contributed by atoms with Crippen molar-refractivity contribution < 1.29 is 9.53 Å². The Morgan fingerprint density at radius 3 is 2.54 bits per heavy atom. The molecule has 1 aromatic rings. The Kier molecular flexibility index (Phi) is 5.76. The highest BCUT2D eigenvalue weighted by Crippen LogP contribution is 2.23. The predicted octanol–water partition coefficient (Wildman–Crippen LogP) is 1.92. The molecule has 6 heteroatoms. The molecule has 0 bridgehead atoms. The molecular weight excluding hydrogens is 326 g/mol. The Morgan fingerprint density at radius 2 is 1.92 bits per heavy atom. The van der Waals surface area contributed by atoms with Crippen LogP contribution >= 0.6 is 11.6 Å². The molecule has 1 aromatic carbocycles. The van der Waals surface area contributed by atoms with Gasteiger partial charge in [-0.3, -0.25) is 9.69 Å². The Balaban J connectivity index is 1.55. The first-order valence-electron chi connectivity index (χ1n) is 8.69. The van der Waals surface area contributed by atoms with Crippen molar-refractivity contribution in [1.29, 1.82) is 0 Å². The smallest absolute Gasteiger partial charge is 0.242 e. The number of carbonyl (C=O) groups excluding carboxylic acids is 1. The highest BCUT2D eigenvalue weighted by atomic mass is 35.5. The predicted molar refractivity (Wildman–Crippen MR) is 95.2 cm³/mol. The summed E-state index contributed by atoms with van der Waals surface area (Å²) in [5.41, 5.74) is 1.26. The van der Waals surface area contributed by atoms with Crippen molar-refractivity contribution in [3.63, 3.8) is 0 Å². The maximum Gasteiger partial charge on any atom is 0.242 e. The van der Waals surface area contributed by atoms with E-state index in [2.05, 4.69) is 29.3 Å². The van der Waals surface area contributed by atoms with Gasteiger partial charge in [-0.15, -0.1) is 0 Å². The van der Waals surface area contributed by atoms with Crippen molar-refractivity contribution in [2.75, 3.05) is 39.3 Å². The summed E-state index contributed by atoms with van der Waals surface area (Å²) < 4.78 is 5.60. The average molecular weight is 352 g/mol. The van der Waals surface area contributed by atoms with Crippen molar-refractivity contribution >= 4 is 17.5 Å². The van der Waals surface area contributed by atoms with Crippen LogP contribution in [0.3, 0.4) is 0 Å². The van der Waals surface area contributed by atoms with Gasteiger partial charge in [0.25, 0.3) is 0 Å². The fraction of sp³-hybridized carbons (Fsp3) is 0.611. The van der Waals surface area contributed by atoms with E-state index in [0.29, 0.717) is 12.6 Å². The summed E-state index contributed by atoms with van der Waals surface area (Å²) in [7, 11) is 0. The molecule has 3 rings (SSSR count). The minimum Gasteiger partial charge on any atom is -0.375 e. The monoisotopic (exact) mass is 351 g/mol. The third-order valence-corrected chi connectivity index (χ3v) is 5.36. The molecule has 2 saturated heterocycles. The Labute approximate surface area is 148 Å². The van der Waals surface area contributed by atoms with Gasteiger partial charge in [0, 0.05) is 43.8 Å². The largest absolute Gasteiger partial charge is 0.375 e. The molecule has 3 atom stereocenters. The van der Waals surface area contributed by atoms with E-state index in [0.717, 1.165) is 37.7 Å². The molecule has 0 spiro atoms. The number of nitrogens with zero attached hydrogens (tertiary/aromatic N) is 2. The quantitative estimate of drug-likeness (QED) is 0.903. The summed E-state index contributed by atoms with van der Waals surface area (Å²) in [6.45, 7) is 8.90. The van der Waals surface area contributed by atoms with Crippen LogP contribution in [0.2, 0.25) is 5.02 Å². The molecule has 5 nitrogen and oxygen atoms in total. The van der Waals surface area contributed by atoms with Crippen LogP contribution in [0.5, 0.6) is 0 Å². The van der Waals surface area contributed by atoms with Gasteiger partial charge in [-0.2, -0.15) is 0 Å². The van der Waals surface area contributed by atoms with Crippen LogP contribution < -0.4 is 5.32 Å². The third-order valence-electron chi connectivity index (χ3n) is 5.11. The molecule has 1 amide bonds. The van der Waals surface area contributed by atoms with Gasteiger partial charge in [-0.25, -0.2) is 0 Å². The number of nitrogens with one attached hydrogen (secondary N) is 1. The zero-order valence-corrected chi connectivity index (χ0v) is 15.1. The van der Waals surface area contributed by atoms with E-state index in [-0.39, 0.29) is 18.1 Å². The summed E-state index contributed by atoms with van der Waals surface area (Å²) in [6.07, 6.45) is -0.0581. The molecule has 0 aliphatic carbocycles. The third kappa shape index (κ3) is 3.91. The van der Waals surface area contributed by atoms with E-state index in [4.69, 9.17) is 16.3 Å². The molecule has 2 aliphatic rings. The fourth-order valence-corrected chi connectivity index (χ4v) is 3.61. The summed E-state index contributed by atoms with van der Waals surface area (Å²) in [4.78, 5) is 17.1. The molecular formula is C18H26ClN3O2. The van der Waals surface area contributed by atoms with E-state index in [1.54, 1.807) is 0 Å². The minimum atomic E-state index is -0.209. The Hall–Kier alpha value is -1.14. The van der Waals surface area contributed by atoms with Gasteiger partial charge in [0.05, 0.1) is 12.7 Å². The van der Waals surface area contributed by atoms with Gasteiger partial charge in [0.1, 0.15) is 6.04 Å². The number of rotatable bonds is 3. The molecule has 2 aliphatic heterocycles. The second kappa shape index (κ2) is 7.83. The average Bonchev–Trinajstić information content (AvgIpc) is 2.62. The Morgan fingerprint density at radius 1 is 1.25 bits per heavy atom. The normalized spacial score (nSPS) is 27.0. The molecule has 0 saturated carbocycles. The number of halogens is 1. The zero-order valence-electron chi connectivity index (χ0n) is 14.4. The van der Waals surface area contributed by atoms with Crippen LogP contribution in [0.25, 0.3) is 0 Å². The number of hydrogen-bond acceptors (Lipinski definition) is 4. The zero-order chi connectivity index (χ0) is 17.1. The molecule has 0 aromatic heterocycles. The van der Waals surface area contributed by atoms with E-state index >= 15 is 0 Å². The lowest BCUT2D eigenvalue weighted by Gasteiger charge is -2.40. The maximum atomic E-state index is 12.7. The highest BCUT2D eigenvalue weighted by Gasteiger charge is 2.33. The second-order valence-corrected chi connectivity index (χ2v) is 7.03. The molecule has 2 fully saturated rings. The molecule has 0 radical (unpaired) electrons. The number of amides is 1. The van der Waals surface area contributed by atoms with E-state index < -0.39 is 0 Å². The van der Waals surface area contributed by atoms with E-state index in [9.17, 15) is 4.79 Å². The van der Waals surface area contributed by atoms with Crippen LogP contribution in [-0.4, -0.2) is 67.2 Å². The number of piperazine rings is 1. The molecule has 1 N–H and O–H groups in total. The summed E-state index contributed by atoms with van der Waals surface area (Å²) >= 11 is 5.97. The molecule has 132 valence electrons. The van der Waals surface area contributed by atoms with Crippen LogP contribution in [0.1, 0.15) is 25.5 Å².